The van der Waals surface area contributed by atoms with Gasteiger partial charge in [0.15, 0.2) is 0 Å². The normalized spacial score (nSPS) is 16.6. The SMILES string of the molecule is CN1C(=O)SC(c2cccc3c2ccn3Cc2ccccc2-c2ccccc2)C1=O. The number of aromatic nitrogens is 1. The Balaban J connectivity index is 1.54. The molecule has 0 bridgehead atoms. The monoisotopic (exact) mass is 412 g/mol. The van der Waals surface area contributed by atoms with Crippen molar-refractivity contribution in [2.75, 3.05) is 7.05 Å². The highest BCUT2D eigenvalue weighted by atomic mass is 32.2. The summed E-state index contributed by atoms with van der Waals surface area (Å²) in [5.41, 5.74) is 5.60. The minimum atomic E-state index is -0.473. The van der Waals surface area contributed by atoms with Crippen molar-refractivity contribution in [2.45, 2.75) is 11.8 Å². The van der Waals surface area contributed by atoms with Gasteiger partial charge in [0, 0.05) is 30.7 Å². The van der Waals surface area contributed by atoms with E-state index in [0.717, 1.165) is 34.8 Å². The molecule has 2 heterocycles. The van der Waals surface area contributed by atoms with Crippen molar-refractivity contribution in [3.8, 4) is 11.1 Å². The van der Waals surface area contributed by atoms with Crippen molar-refractivity contribution < 1.29 is 9.59 Å². The zero-order chi connectivity index (χ0) is 20.7. The first kappa shape index (κ1) is 18.7. The molecule has 4 aromatic rings. The molecule has 1 aliphatic rings. The van der Waals surface area contributed by atoms with Gasteiger partial charge in [-0.15, -0.1) is 0 Å². The van der Waals surface area contributed by atoms with E-state index < -0.39 is 5.25 Å². The highest BCUT2D eigenvalue weighted by molar-refractivity contribution is 8.15. The highest BCUT2D eigenvalue weighted by Crippen LogP contribution is 2.41. The van der Waals surface area contributed by atoms with Crippen molar-refractivity contribution in [3.63, 3.8) is 0 Å². The van der Waals surface area contributed by atoms with Gasteiger partial charge in [0.25, 0.3) is 5.24 Å². The Morgan fingerprint density at radius 2 is 1.63 bits per heavy atom. The summed E-state index contributed by atoms with van der Waals surface area (Å²) in [7, 11) is 1.55. The van der Waals surface area contributed by atoms with Gasteiger partial charge in [0.2, 0.25) is 5.91 Å². The van der Waals surface area contributed by atoms with Crippen LogP contribution < -0.4 is 0 Å². The number of carbonyl (C=O) groups excluding carboxylic acids is 2. The Kier molecular flexibility index (Phi) is 4.68. The predicted molar refractivity (Wildman–Crippen MR) is 121 cm³/mol. The fraction of sp³-hybridized carbons (Fsp3) is 0.120. The van der Waals surface area contributed by atoms with Crippen LogP contribution in [0.1, 0.15) is 16.4 Å². The average molecular weight is 413 g/mol. The standard InChI is InChI=1S/C25H20N2O2S/c1-26-24(28)23(30-25(26)29)21-12-7-13-22-20(21)14-15-27(22)16-18-10-5-6-11-19(18)17-8-3-2-4-9-17/h2-15,23H,16H2,1H3. The Bertz CT molecular complexity index is 1260. The lowest BCUT2D eigenvalue weighted by atomic mass is 9.99. The van der Waals surface area contributed by atoms with Crippen molar-refractivity contribution in [3.05, 3.63) is 96.2 Å². The first-order chi connectivity index (χ1) is 14.6. The Hall–Kier alpha value is -3.31. The fourth-order valence-electron chi connectivity index (χ4n) is 4.05. The summed E-state index contributed by atoms with van der Waals surface area (Å²) < 4.78 is 2.20. The van der Waals surface area contributed by atoms with Crippen LogP contribution in [0.4, 0.5) is 4.79 Å². The smallest absolute Gasteiger partial charge is 0.289 e. The van der Waals surface area contributed by atoms with E-state index in [-0.39, 0.29) is 11.1 Å². The lowest BCUT2D eigenvalue weighted by molar-refractivity contribution is -0.125. The highest BCUT2D eigenvalue weighted by Gasteiger charge is 2.39. The average Bonchev–Trinajstić information content (AvgIpc) is 3.31. The Morgan fingerprint density at radius 3 is 2.40 bits per heavy atom. The third-order valence-electron chi connectivity index (χ3n) is 5.62. The van der Waals surface area contributed by atoms with E-state index in [1.807, 2.05) is 24.3 Å². The number of hydrogen-bond donors (Lipinski definition) is 0. The summed E-state index contributed by atoms with van der Waals surface area (Å²) in [4.78, 5) is 25.7. The molecule has 4 nitrogen and oxygen atoms in total. The molecule has 0 aliphatic carbocycles. The molecule has 1 saturated heterocycles. The molecule has 0 radical (unpaired) electrons. The Morgan fingerprint density at radius 1 is 0.867 bits per heavy atom. The number of imide groups is 1. The minimum Gasteiger partial charge on any atom is -0.343 e. The van der Waals surface area contributed by atoms with Crippen LogP contribution in [0.2, 0.25) is 0 Å². The second-order valence-corrected chi connectivity index (χ2v) is 8.46. The maximum absolute atomic E-state index is 12.5. The van der Waals surface area contributed by atoms with E-state index >= 15 is 0 Å². The molecule has 1 aliphatic heterocycles. The number of likely N-dealkylation sites (N-methyl/N-ethyl adjacent to an activating group) is 1. The van der Waals surface area contributed by atoms with Crippen LogP contribution in [0.5, 0.6) is 0 Å². The fourth-order valence-corrected chi connectivity index (χ4v) is 5.09. The van der Waals surface area contributed by atoms with Gasteiger partial charge in [0.05, 0.1) is 0 Å². The summed E-state index contributed by atoms with van der Waals surface area (Å²) in [6.07, 6.45) is 2.06. The molecular weight excluding hydrogens is 392 g/mol. The molecule has 1 atom stereocenters. The minimum absolute atomic E-state index is 0.153. The molecule has 0 N–H and O–H groups in total. The largest absolute Gasteiger partial charge is 0.343 e. The van der Waals surface area contributed by atoms with E-state index in [9.17, 15) is 9.59 Å². The van der Waals surface area contributed by atoms with Gasteiger partial charge in [0.1, 0.15) is 5.25 Å². The third-order valence-corrected chi connectivity index (χ3v) is 6.79. The summed E-state index contributed by atoms with van der Waals surface area (Å²) in [5, 5.41) is 0.348. The van der Waals surface area contributed by atoms with E-state index in [0.29, 0.717) is 0 Å². The van der Waals surface area contributed by atoms with Crippen molar-refractivity contribution in [1.82, 2.24) is 9.47 Å². The number of thioether (sulfide) groups is 1. The number of nitrogens with zero attached hydrogens (tertiary/aromatic N) is 2. The second-order valence-electron chi connectivity index (χ2n) is 7.41. The van der Waals surface area contributed by atoms with Gasteiger partial charge in [-0.2, -0.15) is 0 Å². The van der Waals surface area contributed by atoms with Crippen LogP contribution in [0, 0.1) is 0 Å². The van der Waals surface area contributed by atoms with Gasteiger partial charge in [-0.3, -0.25) is 14.5 Å². The van der Waals surface area contributed by atoms with E-state index in [4.69, 9.17) is 0 Å². The predicted octanol–water partition coefficient (Wildman–Crippen LogP) is 5.72. The molecule has 1 aromatic heterocycles. The molecule has 1 fully saturated rings. The van der Waals surface area contributed by atoms with Crippen molar-refractivity contribution in [2.24, 2.45) is 0 Å². The number of rotatable bonds is 4. The van der Waals surface area contributed by atoms with Crippen LogP contribution in [0.3, 0.4) is 0 Å². The first-order valence-corrected chi connectivity index (χ1v) is 10.7. The number of amides is 2. The molecule has 1 unspecified atom stereocenters. The molecule has 5 heteroatoms. The van der Waals surface area contributed by atoms with Crippen LogP contribution >= 0.6 is 11.8 Å². The Labute approximate surface area is 179 Å². The molecule has 0 saturated carbocycles. The second kappa shape index (κ2) is 7.50. The zero-order valence-electron chi connectivity index (χ0n) is 16.5. The van der Waals surface area contributed by atoms with E-state index in [2.05, 4.69) is 65.4 Å². The molecular formula is C25H20N2O2S. The quantitative estimate of drug-likeness (QED) is 0.430. The van der Waals surface area contributed by atoms with Crippen molar-refractivity contribution >= 4 is 33.8 Å². The molecule has 2 amide bonds. The lowest BCUT2D eigenvalue weighted by Gasteiger charge is -2.13. The first-order valence-electron chi connectivity index (χ1n) is 9.83. The van der Waals surface area contributed by atoms with E-state index in [1.54, 1.807) is 7.05 Å². The maximum Gasteiger partial charge on any atom is 0.289 e. The molecule has 0 spiro atoms. The number of hydrogen-bond acceptors (Lipinski definition) is 3. The van der Waals surface area contributed by atoms with Gasteiger partial charge >= 0.3 is 0 Å². The molecule has 5 rings (SSSR count). The number of carbonyl (C=O) groups is 2. The summed E-state index contributed by atoms with van der Waals surface area (Å²) >= 11 is 1.09. The summed E-state index contributed by atoms with van der Waals surface area (Å²) in [6.45, 7) is 0.725. The molecule has 3 aromatic carbocycles. The molecule has 30 heavy (non-hydrogen) atoms. The van der Waals surface area contributed by atoms with Crippen LogP contribution in [-0.4, -0.2) is 27.7 Å². The third kappa shape index (κ3) is 3.12. The maximum atomic E-state index is 12.5. The van der Waals surface area contributed by atoms with Gasteiger partial charge < -0.3 is 4.57 Å². The van der Waals surface area contributed by atoms with Crippen LogP contribution in [-0.2, 0) is 11.3 Å². The van der Waals surface area contributed by atoms with E-state index in [1.165, 1.54) is 21.6 Å². The van der Waals surface area contributed by atoms with Gasteiger partial charge in [-0.1, -0.05) is 66.7 Å². The number of benzene rings is 3. The van der Waals surface area contributed by atoms with Crippen molar-refractivity contribution in [1.29, 1.82) is 0 Å². The van der Waals surface area contributed by atoms with Gasteiger partial charge in [-0.25, -0.2) is 0 Å². The molecule has 148 valence electrons. The van der Waals surface area contributed by atoms with Crippen LogP contribution in [0.25, 0.3) is 22.0 Å². The topological polar surface area (TPSA) is 42.3 Å². The number of fused-ring (bicyclic) bond motifs is 1. The summed E-state index contributed by atoms with van der Waals surface area (Å²) in [5.74, 6) is -0.153. The summed E-state index contributed by atoms with van der Waals surface area (Å²) in [6, 6.07) is 26.9. The zero-order valence-corrected chi connectivity index (χ0v) is 17.3. The lowest BCUT2D eigenvalue weighted by Crippen LogP contribution is -2.24. The van der Waals surface area contributed by atoms with Crippen LogP contribution in [0.15, 0.2) is 85.1 Å². The van der Waals surface area contributed by atoms with Gasteiger partial charge in [-0.05, 0) is 46.1 Å².